The van der Waals surface area contributed by atoms with Crippen LogP contribution in [0.1, 0.15) is 33.6 Å². The van der Waals surface area contributed by atoms with Gasteiger partial charge in [0.05, 0.1) is 5.92 Å². The summed E-state index contributed by atoms with van der Waals surface area (Å²) >= 11 is 0. The van der Waals surface area contributed by atoms with E-state index in [-0.39, 0.29) is 23.1 Å². The molecule has 5 nitrogen and oxygen atoms in total. The van der Waals surface area contributed by atoms with Gasteiger partial charge >= 0.3 is 0 Å². The highest BCUT2D eigenvalue weighted by Crippen LogP contribution is 2.24. The van der Waals surface area contributed by atoms with Crippen molar-refractivity contribution in [2.45, 2.75) is 33.6 Å². The second kappa shape index (κ2) is 7.36. The molecule has 0 bridgehead atoms. The minimum atomic E-state index is -0.167. The summed E-state index contributed by atoms with van der Waals surface area (Å²) in [6, 6.07) is 0. The summed E-state index contributed by atoms with van der Waals surface area (Å²) in [5.41, 5.74) is 5.74. The SMILES string of the molecule is CNC(=O)CCN(C)C(=O)C(CN)CC(C)(C)C. The highest BCUT2D eigenvalue weighted by atomic mass is 16.2. The number of nitrogens with zero attached hydrogens (tertiary/aromatic N) is 1. The smallest absolute Gasteiger partial charge is 0.226 e. The van der Waals surface area contributed by atoms with Crippen molar-refractivity contribution in [3.05, 3.63) is 0 Å². The highest BCUT2D eigenvalue weighted by molar-refractivity contribution is 5.80. The molecular weight excluding hydrogens is 230 g/mol. The maximum Gasteiger partial charge on any atom is 0.226 e. The Balaban J connectivity index is 4.36. The minimum Gasteiger partial charge on any atom is -0.359 e. The number of carbonyl (C=O) groups excluding carboxylic acids is 2. The molecule has 0 heterocycles. The van der Waals surface area contributed by atoms with E-state index in [1.165, 1.54) is 0 Å². The molecule has 0 fully saturated rings. The van der Waals surface area contributed by atoms with Gasteiger partial charge in [0.25, 0.3) is 0 Å². The average Bonchev–Trinajstić information content (AvgIpc) is 2.30. The van der Waals surface area contributed by atoms with Crippen LogP contribution >= 0.6 is 0 Å². The van der Waals surface area contributed by atoms with Crippen LogP contribution in [0.4, 0.5) is 0 Å². The molecule has 1 atom stereocenters. The van der Waals surface area contributed by atoms with E-state index >= 15 is 0 Å². The first kappa shape index (κ1) is 16.9. The molecule has 0 aromatic carbocycles. The number of nitrogens with one attached hydrogen (secondary N) is 1. The number of hydrogen-bond donors (Lipinski definition) is 2. The van der Waals surface area contributed by atoms with Gasteiger partial charge in [0.1, 0.15) is 0 Å². The lowest BCUT2D eigenvalue weighted by atomic mass is 9.84. The van der Waals surface area contributed by atoms with Crippen LogP contribution in [0.25, 0.3) is 0 Å². The lowest BCUT2D eigenvalue weighted by molar-refractivity contribution is -0.135. The van der Waals surface area contributed by atoms with E-state index < -0.39 is 0 Å². The zero-order valence-corrected chi connectivity index (χ0v) is 12.2. The summed E-state index contributed by atoms with van der Waals surface area (Å²) in [6.07, 6.45) is 1.08. The summed E-state index contributed by atoms with van der Waals surface area (Å²) in [4.78, 5) is 24.9. The van der Waals surface area contributed by atoms with Gasteiger partial charge < -0.3 is 16.0 Å². The lowest BCUT2D eigenvalue weighted by Gasteiger charge is -2.28. The fourth-order valence-electron chi connectivity index (χ4n) is 1.83. The van der Waals surface area contributed by atoms with E-state index in [4.69, 9.17) is 5.73 Å². The van der Waals surface area contributed by atoms with E-state index in [2.05, 4.69) is 26.1 Å². The Labute approximate surface area is 110 Å². The van der Waals surface area contributed by atoms with Gasteiger partial charge in [0.2, 0.25) is 11.8 Å². The van der Waals surface area contributed by atoms with Crippen LogP contribution in [0, 0.1) is 11.3 Å². The minimum absolute atomic E-state index is 0.0244. The van der Waals surface area contributed by atoms with E-state index in [0.717, 1.165) is 6.42 Å². The van der Waals surface area contributed by atoms with Crippen LogP contribution in [0.2, 0.25) is 0 Å². The van der Waals surface area contributed by atoms with Crippen LogP contribution in [0.15, 0.2) is 0 Å². The maximum absolute atomic E-state index is 12.2. The first-order valence-corrected chi connectivity index (χ1v) is 6.37. The number of hydrogen-bond acceptors (Lipinski definition) is 3. The van der Waals surface area contributed by atoms with E-state index in [1.54, 1.807) is 19.0 Å². The number of rotatable bonds is 6. The summed E-state index contributed by atoms with van der Waals surface area (Å²) in [5, 5.41) is 2.54. The molecule has 2 amide bonds. The van der Waals surface area contributed by atoms with Gasteiger partial charge in [0, 0.05) is 33.6 Å². The van der Waals surface area contributed by atoms with Gasteiger partial charge in [-0.15, -0.1) is 0 Å². The molecule has 0 saturated carbocycles. The summed E-state index contributed by atoms with van der Waals surface area (Å²) in [5.74, 6) is -0.203. The van der Waals surface area contributed by atoms with Gasteiger partial charge in [0.15, 0.2) is 0 Å². The fraction of sp³-hybridized carbons (Fsp3) is 0.846. The lowest BCUT2D eigenvalue weighted by Crippen LogP contribution is -2.40. The molecule has 0 aliphatic rings. The first-order valence-electron chi connectivity index (χ1n) is 6.37. The van der Waals surface area contributed by atoms with Crippen molar-refractivity contribution in [3.63, 3.8) is 0 Å². The molecule has 0 spiro atoms. The average molecular weight is 257 g/mol. The third-order valence-electron chi connectivity index (χ3n) is 2.82. The fourth-order valence-corrected chi connectivity index (χ4v) is 1.83. The Hall–Kier alpha value is -1.10. The molecule has 5 heteroatoms. The van der Waals surface area contributed by atoms with Crippen molar-refractivity contribution < 1.29 is 9.59 Å². The van der Waals surface area contributed by atoms with Crippen LogP contribution in [-0.4, -0.2) is 43.9 Å². The van der Waals surface area contributed by atoms with Crippen LogP contribution in [0.3, 0.4) is 0 Å². The van der Waals surface area contributed by atoms with E-state index in [1.807, 2.05) is 0 Å². The third-order valence-corrected chi connectivity index (χ3v) is 2.82. The van der Waals surface area contributed by atoms with Gasteiger partial charge in [-0.1, -0.05) is 20.8 Å². The van der Waals surface area contributed by atoms with E-state index in [0.29, 0.717) is 19.5 Å². The van der Waals surface area contributed by atoms with Gasteiger partial charge in [-0.05, 0) is 11.8 Å². The Morgan fingerprint density at radius 2 is 1.89 bits per heavy atom. The molecule has 1 unspecified atom stereocenters. The molecule has 0 radical (unpaired) electrons. The Morgan fingerprint density at radius 1 is 1.33 bits per heavy atom. The van der Waals surface area contributed by atoms with Gasteiger partial charge in [-0.25, -0.2) is 0 Å². The first-order chi connectivity index (χ1) is 8.21. The maximum atomic E-state index is 12.2. The van der Waals surface area contributed by atoms with Crippen molar-refractivity contribution in [2.75, 3.05) is 27.2 Å². The Morgan fingerprint density at radius 3 is 2.28 bits per heavy atom. The zero-order valence-electron chi connectivity index (χ0n) is 12.2. The largest absolute Gasteiger partial charge is 0.359 e. The zero-order chi connectivity index (χ0) is 14.3. The predicted octanol–water partition coefficient (Wildman–Crippen LogP) is 0.592. The molecule has 0 aliphatic heterocycles. The molecule has 0 saturated heterocycles. The number of nitrogens with two attached hydrogens (primary N) is 1. The topological polar surface area (TPSA) is 75.4 Å². The molecule has 3 N–H and O–H groups in total. The summed E-state index contributed by atoms with van der Waals surface area (Å²) < 4.78 is 0. The molecule has 18 heavy (non-hydrogen) atoms. The van der Waals surface area contributed by atoms with Gasteiger partial charge in [-0.3, -0.25) is 9.59 Å². The summed E-state index contributed by atoms with van der Waals surface area (Å²) in [7, 11) is 3.31. The van der Waals surface area contributed by atoms with E-state index in [9.17, 15) is 9.59 Å². The van der Waals surface area contributed by atoms with Crippen molar-refractivity contribution >= 4 is 11.8 Å². The van der Waals surface area contributed by atoms with Crippen molar-refractivity contribution in [1.29, 1.82) is 0 Å². The standard InChI is InChI=1S/C13H27N3O2/c1-13(2,3)8-10(9-14)12(18)16(5)7-6-11(17)15-4/h10H,6-9,14H2,1-5H3,(H,15,17). The second-order valence-corrected chi connectivity index (χ2v) is 5.88. The van der Waals surface area contributed by atoms with Crippen molar-refractivity contribution in [2.24, 2.45) is 17.1 Å². The molecule has 0 rings (SSSR count). The molecule has 0 aliphatic carbocycles. The normalized spacial score (nSPS) is 13.0. The van der Waals surface area contributed by atoms with Crippen LogP contribution in [-0.2, 0) is 9.59 Å². The molecule has 0 aromatic rings. The van der Waals surface area contributed by atoms with Crippen molar-refractivity contribution in [3.8, 4) is 0 Å². The summed E-state index contributed by atoms with van der Waals surface area (Å²) in [6.45, 7) is 7.05. The second-order valence-electron chi connectivity index (χ2n) is 5.88. The quantitative estimate of drug-likeness (QED) is 0.731. The Bertz CT molecular complexity index is 284. The third kappa shape index (κ3) is 6.59. The Kier molecular flexibility index (Phi) is 6.91. The number of amides is 2. The monoisotopic (exact) mass is 257 g/mol. The molecule has 0 aromatic heterocycles. The van der Waals surface area contributed by atoms with Crippen LogP contribution < -0.4 is 11.1 Å². The van der Waals surface area contributed by atoms with Gasteiger partial charge in [-0.2, -0.15) is 0 Å². The predicted molar refractivity (Wildman–Crippen MR) is 72.9 cm³/mol. The highest BCUT2D eigenvalue weighted by Gasteiger charge is 2.26. The number of carbonyl (C=O) groups is 2. The van der Waals surface area contributed by atoms with Crippen LogP contribution in [0.5, 0.6) is 0 Å². The molecular formula is C13H27N3O2. The molecule has 106 valence electrons. The van der Waals surface area contributed by atoms with Crippen molar-refractivity contribution in [1.82, 2.24) is 10.2 Å².